The van der Waals surface area contributed by atoms with E-state index in [9.17, 15) is 22.8 Å². The SMILES string of the molecule is CCOC(=O)Cc1sc(NC(=O)C(F)(F)F)nc1-c1ccccc1. The van der Waals surface area contributed by atoms with Crippen molar-refractivity contribution in [2.45, 2.75) is 19.5 Å². The first-order valence-electron chi connectivity index (χ1n) is 6.90. The van der Waals surface area contributed by atoms with Crippen LogP contribution in [0, 0.1) is 0 Å². The molecule has 0 saturated heterocycles. The lowest BCUT2D eigenvalue weighted by Crippen LogP contribution is -2.29. The molecule has 1 heterocycles. The molecule has 0 saturated carbocycles. The fraction of sp³-hybridized carbons (Fsp3) is 0.267. The second-order valence-electron chi connectivity index (χ2n) is 4.59. The van der Waals surface area contributed by atoms with E-state index in [-0.39, 0.29) is 18.2 Å². The highest BCUT2D eigenvalue weighted by atomic mass is 32.1. The van der Waals surface area contributed by atoms with Crippen LogP contribution in [-0.4, -0.2) is 29.6 Å². The van der Waals surface area contributed by atoms with Crippen molar-refractivity contribution < 1.29 is 27.5 Å². The summed E-state index contributed by atoms with van der Waals surface area (Å²) in [5.41, 5.74) is 0.965. The number of halogens is 3. The van der Waals surface area contributed by atoms with Crippen molar-refractivity contribution in [2.75, 3.05) is 11.9 Å². The molecule has 128 valence electrons. The molecule has 0 aliphatic rings. The normalized spacial score (nSPS) is 11.2. The lowest BCUT2D eigenvalue weighted by atomic mass is 10.1. The van der Waals surface area contributed by atoms with Gasteiger partial charge in [0, 0.05) is 10.4 Å². The Bertz CT molecular complexity index is 729. The van der Waals surface area contributed by atoms with Crippen molar-refractivity contribution in [1.82, 2.24) is 4.98 Å². The third kappa shape index (κ3) is 4.54. The summed E-state index contributed by atoms with van der Waals surface area (Å²) in [5.74, 6) is -2.63. The number of ether oxygens (including phenoxy) is 1. The fourth-order valence-electron chi connectivity index (χ4n) is 1.86. The maximum absolute atomic E-state index is 12.4. The van der Waals surface area contributed by atoms with Gasteiger partial charge in [0.05, 0.1) is 18.7 Å². The summed E-state index contributed by atoms with van der Waals surface area (Å²) in [5, 5.41) is 1.48. The molecule has 1 aromatic carbocycles. The second-order valence-corrected chi connectivity index (χ2v) is 5.67. The second kappa shape index (κ2) is 7.43. The number of rotatable bonds is 5. The van der Waals surface area contributed by atoms with E-state index in [4.69, 9.17) is 4.74 Å². The van der Waals surface area contributed by atoms with Gasteiger partial charge in [-0.1, -0.05) is 30.3 Å². The summed E-state index contributed by atoms with van der Waals surface area (Å²) in [6, 6.07) is 8.65. The Morgan fingerprint density at radius 3 is 2.50 bits per heavy atom. The lowest BCUT2D eigenvalue weighted by molar-refractivity contribution is -0.167. The largest absolute Gasteiger partial charge is 0.471 e. The first-order valence-corrected chi connectivity index (χ1v) is 7.71. The molecule has 5 nitrogen and oxygen atoms in total. The smallest absolute Gasteiger partial charge is 0.466 e. The van der Waals surface area contributed by atoms with Crippen molar-refractivity contribution in [3.63, 3.8) is 0 Å². The van der Waals surface area contributed by atoms with Crippen LogP contribution in [0.25, 0.3) is 11.3 Å². The van der Waals surface area contributed by atoms with Gasteiger partial charge in [-0.25, -0.2) is 4.98 Å². The number of amides is 1. The monoisotopic (exact) mass is 358 g/mol. The third-order valence-corrected chi connectivity index (χ3v) is 3.80. The van der Waals surface area contributed by atoms with Crippen LogP contribution in [0.2, 0.25) is 0 Å². The van der Waals surface area contributed by atoms with E-state index >= 15 is 0 Å². The predicted molar refractivity (Wildman–Crippen MR) is 82.6 cm³/mol. The highest BCUT2D eigenvalue weighted by molar-refractivity contribution is 7.16. The number of hydrogen-bond donors (Lipinski definition) is 1. The number of esters is 1. The van der Waals surface area contributed by atoms with Crippen LogP contribution < -0.4 is 5.32 Å². The fourth-order valence-corrected chi connectivity index (χ4v) is 2.82. The molecule has 9 heteroatoms. The van der Waals surface area contributed by atoms with Crippen LogP contribution in [-0.2, 0) is 20.7 Å². The Balaban J connectivity index is 2.33. The Morgan fingerprint density at radius 2 is 1.92 bits per heavy atom. The number of carbonyl (C=O) groups excluding carboxylic acids is 2. The zero-order valence-electron chi connectivity index (χ0n) is 12.5. The molecule has 0 fully saturated rings. The van der Waals surface area contributed by atoms with E-state index in [0.29, 0.717) is 16.1 Å². The molecule has 24 heavy (non-hydrogen) atoms. The molecular formula is C15H13F3N2O3S. The van der Waals surface area contributed by atoms with Gasteiger partial charge in [0.15, 0.2) is 5.13 Å². The maximum atomic E-state index is 12.4. The molecule has 1 aromatic heterocycles. The van der Waals surface area contributed by atoms with E-state index in [1.54, 1.807) is 42.6 Å². The van der Waals surface area contributed by atoms with Crippen LogP contribution in [0.1, 0.15) is 11.8 Å². The standard InChI is InChI=1S/C15H13F3N2O3S/c1-2-23-11(21)8-10-12(9-6-4-3-5-7-9)19-14(24-10)20-13(22)15(16,17)18/h3-7H,2,8H2,1H3,(H,19,20,22). The molecule has 0 spiro atoms. The summed E-state index contributed by atoms with van der Waals surface area (Å²) in [6.07, 6.45) is -5.16. The minimum Gasteiger partial charge on any atom is -0.466 e. The van der Waals surface area contributed by atoms with Crippen molar-refractivity contribution in [3.05, 3.63) is 35.2 Å². The van der Waals surface area contributed by atoms with Gasteiger partial charge in [-0.2, -0.15) is 13.2 Å². The lowest BCUT2D eigenvalue weighted by Gasteiger charge is -2.04. The number of carbonyl (C=O) groups is 2. The molecule has 0 atom stereocenters. The van der Waals surface area contributed by atoms with Crippen molar-refractivity contribution in [3.8, 4) is 11.3 Å². The highest BCUT2D eigenvalue weighted by Crippen LogP contribution is 2.32. The Morgan fingerprint density at radius 1 is 1.25 bits per heavy atom. The number of alkyl halides is 3. The van der Waals surface area contributed by atoms with Gasteiger partial charge in [-0.15, -0.1) is 11.3 Å². The van der Waals surface area contributed by atoms with Crippen LogP contribution >= 0.6 is 11.3 Å². The Labute approximate surface area is 139 Å². The van der Waals surface area contributed by atoms with E-state index in [2.05, 4.69) is 4.98 Å². The minimum absolute atomic E-state index is 0.141. The topological polar surface area (TPSA) is 68.3 Å². The Kier molecular flexibility index (Phi) is 5.55. The summed E-state index contributed by atoms with van der Waals surface area (Å²) >= 11 is 0.809. The highest BCUT2D eigenvalue weighted by Gasteiger charge is 2.39. The van der Waals surface area contributed by atoms with Gasteiger partial charge in [0.1, 0.15) is 0 Å². The van der Waals surface area contributed by atoms with Crippen molar-refractivity contribution in [1.29, 1.82) is 0 Å². The van der Waals surface area contributed by atoms with Crippen LogP contribution in [0.15, 0.2) is 30.3 Å². The molecule has 1 N–H and O–H groups in total. The van der Waals surface area contributed by atoms with Crippen molar-refractivity contribution in [2.24, 2.45) is 0 Å². The molecule has 0 aliphatic carbocycles. The van der Waals surface area contributed by atoms with Crippen LogP contribution in [0.3, 0.4) is 0 Å². The molecule has 1 amide bonds. The number of nitrogens with zero attached hydrogens (tertiary/aromatic N) is 1. The Hall–Kier alpha value is -2.42. The quantitative estimate of drug-likeness (QED) is 0.832. The molecule has 0 unspecified atom stereocenters. The van der Waals surface area contributed by atoms with Crippen LogP contribution in [0.4, 0.5) is 18.3 Å². The van der Waals surface area contributed by atoms with Gasteiger partial charge >= 0.3 is 18.1 Å². The number of anilines is 1. The summed E-state index contributed by atoms with van der Waals surface area (Å²) in [7, 11) is 0. The van der Waals surface area contributed by atoms with E-state index in [0.717, 1.165) is 11.3 Å². The number of hydrogen-bond acceptors (Lipinski definition) is 5. The minimum atomic E-state index is -5.01. The van der Waals surface area contributed by atoms with Gasteiger partial charge in [0.2, 0.25) is 0 Å². The van der Waals surface area contributed by atoms with Crippen molar-refractivity contribution >= 4 is 28.3 Å². The number of nitrogens with one attached hydrogen (secondary N) is 1. The molecule has 0 radical (unpaired) electrons. The average molecular weight is 358 g/mol. The van der Waals surface area contributed by atoms with E-state index in [1.165, 1.54) is 0 Å². The zero-order valence-corrected chi connectivity index (χ0v) is 13.3. The van der Waals surface area contributed by atoms with Gasteiger partial charge in [0.25, 0.3) is 0 Å². The molecule has 0 bridgehead atoms. The van der Waals surface area contributed by atoms with E-state index < -0.39 is 18.1 Å². The molecule has 0 aliphatic heterocycles. The maximum Gasteiger partial charge on any atom is 0.471 e. The predicted octanol–water partition coefficient (Wildman–Crippen LogP) is 3.42. The molecular weight excluding hydrogens is 345 g/mol. The number of benzene rings is 1. The zero-order chi connectivity index (χ0) is 17.7. The first kappa shape index (κ1) is 17.9. The van der Waals surface area contributed by atoms with Gasteiger partial charge in [-0.05, 0) is 6.92 Å². The summed E-state index contributed by atoms with van der Waals surface area (Å²) < 4.78 is 42.0. The molecule has 2 aromatic rings. The van der Waals surface area contributed by atoms with Crippen LogP contribution in [0.5, 0.6) is 0 Å². The molecule has 2 rings (SSSR count). The van der Waals surface area contributed by atoms with Gasteiger partial charge < -0.3 is 4.74 Å². The summed E-state index contributed by atoms with van der Waals surface area (Å²) in [4.78, 5) is 27.2. The third-order valence-electron chi connectivity index (χ3n) is 2.83. The van der Waals surface area contributed by atoms with E-state index in [1.807, 2.05) is 0 Å². The first-order chi connectivity index (χ1) is 11.3. The van der Waals surface area contributed by atoms with Gasteiger partial charge in [-0.3, -0.25) is 14.9 Å². The average Bonchev–Trinajstić information content (AvgIpc) is 2.89. The number of thiazole rings is 1. The summed E-state index contributed by atoms with van der Waals surface area (Å²) in [6.45, 7) is 1.84. The number of aromatic nitrogens is 1.